The largest absolute Gasteiger partial charge is 0.376 e. The van der Waals surface area contributed by atoms with Crippen molar-refractivity contribution in [1.82, 2.24) is 14.9 Å². The van der Waals surface area contributed by atoms with Gasteiger partial charge in [0.05, 0.1) is 22.8 Å². The van der Waals surface area contributed by atoms with E-state index in [1.807, 2.05) is 24.3 Å². The average Bonchev–Trinajstić information content (AvgIpc) is 3.37. The number of ketones is 1. The topological polar surface area (TPSA) is 90.3 Å². The molecule has 0 bridgehead atoms. The molecule has 1 atom stereocenters. The molecule has 0 saturated carbocycles. The highest BCUT2D eigenvalue weighted by molar-refractivity contribution is 7.99. The number of hydrogen-bond acceptors (Lipinski definition) is 6. The second-order valence-electron chi connectivity index (χ2n) is 7.99. The van der Waals surface area contributed by atoms with Crippen molar-refractivity contribution in [3.63, 3.8) is 0 Å². The summed E-state index contributed by atoms with van der Waals surface area (Å²) in [7, 11) is 0. The van der Waals surface area contributed by atoms with Crippen molar-refractivity contribution in [3.05, 3.63) is 70.5 Å². The second-order valence-corrected chi connectivity index (χ2v) is 8.93. The van der Waals surface area contributed by atoms with E-state index in [9.17, 15) is 14.4 Å². The van der Waals surface area contributed by atoms with Crippen LogP contribution in [0.3, 0.4) is 0 Å². The van der Waals surface area contributed by atoms with Crippen molar-refractivity contribution in [3.8, 4) is 0 Å². The highest BCUT2D eigenvalue weighted by Gasteiger charge is 2.17. The van der Waals surface area contributed by atoms with Crippen LogP contribution in [-0.2, 0) is 16.1 Å². The van der Waals surface area contributed by atoms with Gasteiger partial charge >= 0.3 is 0 Å². The summed E-state index contributed by atoms with van der Waals surface area (Å²) in [4.78, 5) is 42.6. The maximum absolute atomic E-state index is 13.1. The van der Waals surface area contributed by atoms with E-state index in [1.54, 1.807) is 34.9 Å². The molecule has 0 radical (unpaired) electrons. The molecule has 1 saturated heterocycles. The minimum atomic E-state index is -0.157. The van der Waals surface area contributed by atoms with Gasteiger partial charge in [0.2, 0.25) is 5.91 Å². The molecule has 8 heteroatoms. The Kier molecular flexibility index (Phi) is 7.91. The number of carbonyl (C=O) groups is 2. The third-order valence-electron chi connectivity index (χ3n) is 5.59. The molecule has 172 valence electrons. The third kappa shape index (κ3) is 6.09. The van der Waals surface area contributed by atoms with Crippen LogP contribution in [0.4, 0.5) is 0 Å². The van der Waals surface area contributed by atoms with Crippen LogP contribution < -0.4 is 10.9 Å². The lowest BCUT2D eigenvalue weighted by Gasteiger charge is -2.14. The monoisotopic (exact) mass is 465 g/mol. The number of benzene rings is 2. The van der Waals surface area contributed by atoms with Crippen molar-refractivity contribution >= 4 is 34.4 Å². The fourth-order valence-electron chi connectivity index (χ4n) is 3.81. The lowest BCUT2D eigenvalue weighted by molar-refractivity contribution is -0.121. The predicted octanol–water partition coefficient (Wildman–Crippen LogP) is 3.45. The number of hydrogen-bond donors (Lipinski definition) is 1. The zero-order valence-corrected chi connectivity index (χ0v) is 19.2. The molecule has 7 nitrogen and oxygen atoms in total. The van der Waals surface area contributed by atoms with Gasteiger partial charge in [-0.25, -0.2) is 4.98 Å². The molecule has 3 aromatic rings. The van der Waals surface area contributed by atoms with Crippen LogP contribution in [0.1, 0.15) is 36.0 Å². The van der Waals surface area contributed by atoms with E-state index in [0.717, 1.165) is 19.4 Å². The van der Waals surface area contributed by atoms with E-state index in [1.165, 1.54) is 11.8 Å². The van der Waals surface area contributed by atoms with Crippen molar-refractivity contribution in [2.75, 3.05) is 18.9 Å². The Hall–Kier alpha value is -2.97. The molecule has 2 aromatic carbocycles. The number of carbonyl (C=O) groups excluding carboxylic acids is 2. The molecular weight excluding hydrogens is 438 g/mol. The molecule has 1 aromatic heterocycles. The zero-order valence-electron chi connectivity index (χ0n) is 18.4. The first kappa shape index (κ1) is 23.2. The first-order valence-electron chi connectivity index (χ1n) is 11.2. The number of fused-ring (bicyclic) bond motifs is 1. The van der Waals surface area contributed by atoms with Crippen LogP contribution in [0.15, 0.2) is 64.5 Å². The molecule has 1 aliphatic heterocycles. The molecule has 1 fully saturated rings. The first-order valence-corrected chi connectivity index (χ1v) is 12.2. The fraction of sp³-hybridized carbons (Fsp3) is 0.360. The molecule has 0 aliphatic carbocycles. The minimum Gasteiger partial charge on any atom is -0.376 e. The second kappa shape index (κ2) is 11.2. The lowest BCUT2D eigenvalue weighted by Crippen LogP contribution is -2.32. The Labute approximate surface area is 196 Å². The quantitative estimate of drug-likeness (QED) is 0.280. The summed E-state index contributed by atoms with van der Waals surface area (Å²) in [5, 5.41) is 3.93. The Morgan fingerprint density at radius 1 is 1.12 bits per heavy atom. The van der Waals surface area contributed by atoms with Crippen molar-refractivity contribution in [2.24, 2.45) is 0 Å². The predicted molar refractivity (Wildman–Crippen MR) is 129 cm³/mol. The minimum absolute atomic E-state index is 0.0249. The van der Waals surface area contributed by atoms with Gasteiger partial charge in [-0.1, -0.05) is 54.2 Å². The molecular formula is C25H27N3O4S. The third-order valence-corrected chi connectivity index (χ3v) is 6.57. The summed E-state index contributed by atoms with van der Waals surface area (Å²) in [6, 6.07) is 16.3. The summed E-state index contributed by atoms with van der Waals surface area (Å²) in [6.45, 7) is 1.64. The fourth-order valence-corrected chi connectivity index (χ4v) is 4.73. The highest BCUT2D eigenvalue weighted by Crippen LogP contribution is 2.20. The van der Waals surface area contributed by atoms with Gasteiger partial charge in [0.25, 0.3) is 5.56 Å². The number of para-hydroxylation sites is 1. The van der Waals surface area contributed by atoms with Gasteiger partial charge in [0.1, 0.15) is 0 Å². The summed E-state index contributed by atoms with van der Waals surface area (Å²) in [5.74, 6) is 0.0975. The normalized spacial score (nSPS) is 15.6. The molecule has 1 N–H and O–H groups in total. The number of nitrogens with one attached hydrogen (secondary N) is 1. The van der Waals surface area contributed by atoms with Crippen LogP contribution in [0.2, 0.25) is 0 Å². The maximum Gasteiger partial charge on any atom is 0.262 e. The molecule has 2 heterocycles. The van der Waals surface area contributed by atoms with Crippen LogP contribution in [-0.4, -0.2) is 46.2 Å². The molecule has 1 amide bonds. The van der Waals surface area contributed by atoms with Crippen molar-refractivity contribution in [2.45, 2.75) is 43.5 Å². The van der Waals surface area contributed by atoms with Gasteiger partial charge in [-0.2, -0.15) is 0 Å². The lowest BCUT2D eigenvalue weighted by atomic mass is 10.2. The standard InChI is InChI=1S/C25H27N3O4S/c29-22(18-8-2-1-3-9-18)17-33-25-27-21-12-5-4-11-20(21)24(31)28(25)14-6-13-23(30)26-16-19-10-7-15-32-19/h1-5,8-9,11-12,19H,6-7,10,13-17H2,(H,26,30)/t19-/m1/s1. The zero-order chi connectivity index (χ0) is 23.0. The van der Waals surface area contributed by atoms with E-state index in [0.29, 0.717) is 47.6 Å². The smallest absolute Gasteiger partial charge is 0.262 e. The highest BCUT2D eigenvalue weighted by atomic mass is 32.2. The molecule has 4 rings (SSSR count). The Morgan fingerprint density at radius 2 is 1.91 bits per heavy atom. The van der Waals surface area contributed by atoms with Crippen LogP contribution >= 0.6 is 11.8 Å². The van der Waals surface area contributed by atoms with E-state index >= 15 is 0 Å². The number of aromatic nitrogens is 2. The number of amides is 1. The van der Waals surface area contributed by atoms with Crippen LogP contribution in [0.5, 0.6) is 0 Å². The summed E-state index contributed by atoms with van der Waals surface area (Å²) < 4.78 is 7.11. The van der Waals surface area contributed by atoms with E-state index in [2.05, 4.69) is 10.3 Å². The molecule has 0 unspecified atom stereocenters. The summed E-state index contributed by atoms with van der Waals surface area (Å²) in [6.07, 6.45) is 2.91. The SMILES string of the molecule is O=C(CCCn1c(SCC(=O)c2ccccc2)nc2ccccc2c1=O)NC[C@H]1CCCO1. The molecule has 0 spiro atoms. The molecule has 33 heavy (non-hydrogen) atoms. The summed E-state index contributed by atoms with van der Waals surface area (Å²) in [5.41, 5.74) is 1.07. The number of nitrogens with zero attached hydrogens (tertiary/aromatic N) is 2. The van der Waals surface area contributed by atoms with E-state index in [-0.39, 0.29) is 29.1 Å². The van der Waals surface area contributed by atoms with Crippen molar-refractivity contribution in [1.29, 1.82) is 0 Å². The van der Waals surface area contributed by atoms with Gasteiger partial charge in [0, 0.05) is 31.7 Å². The van der Waals surface area contributed by atoms with Gasteiger partial charge < -0.3 is 10.1 Å². The first-order chi connectivity index (χ1) is 16.1. The van der Waals surface area contributed by atoms with Gasteiger partial charge in [0.15, 0.2) is 10.9 Å². The Balaban J connectivity index is 1.43. The van der Waals surface area contributed by atoms with E-state index in [4.69, 9.17) is 4.74 Å². The van der Waals surface area contributed by atoms with Gasteiger partial charge in [-0.15, -0.1) is 0 Å². The maximum atomic E-state index is 13.1. The van der Waals surface area contributed by atoms with Gasteiger partial charge in [-0.3, -0.25) is 19.0 Å². The number of ether oxygens (including phenoxy) is 1. The molecule has 1 aliphatic rings. The summed E-state index contributed by atoms with van der Waals surface area (Å²) >= 11 is 1.25. The Bertz CT molecular complexity index is 1170. The van der Waals surface area contributed by atoms with E-state index < -0.39 is 0 Å². The number of thioether (sulfide) groups is 1. The number of rotatable bonds is 10. The van der Waals surface area contributed by atoms with Gasteiger partial charge in [-0.05, 0) is 31.4 Å². The Morgan fingerprint density at radius 3 is 2.70 bits per heavy atom. The van der Waals surface area contributed by atoms with Crippen molar-refractivity contribution < 1.29 is 14.3 Å². The number of Topliss-reactive ketones (excluding diaryl/α,β-unsaturated/α-hetero) is 1. The van der Waals surface area contributed by atoms with Crippen LogP contribution in [0.25, 0.3) is 10.9 Å². The van der Waals surface area contributed by atoms with Crippen LogP contribution in [0, 0.1) is 0 Å². The average molecular weight is 466 g/mol.